The number of aryl methyl sites for hydroxylation is 1. The van der Waals surface area contributed by atoms with Crippen molar-refractivity contribution in [3.63, 3.8) is 0 Å². The summed E-state index contributed by atoms with van der Waals surface area (Å²) in [4.78, 5) is 28.3. The normalized spacial score (nSPS) is 10.4. The van der Waals surface area contributed by atoms with Crippen LogP contribution in [0.5, 0.6) is 5.75 Å². The number of aromatic nitrogens is 1. The molecule has 3 aromatic rings. The fourth-order valence-electron chi connectivity index (χ4n) is 2.48. The van der Waals surface area contributed by atoms with E-state index in [1.807, 2.05) is 42.5 Å². The zero-order valence-electron chi connectivity index (χ0n) is 15.6. The van der Waals surface area contributed by atoms with Crippen molar-refractivity contribution in [2.45, 2.75) is 13.5 Å². The number of rotatable bonds is 7. The summed E-state index contributed by atoms with van der Waals surface area (Å²) in [6.45, 7) is 1.54. The number of nitrogens with one attached hydrogen (secondary N) is 1. The summed E-state index contributed by atoms with van der Waals surface area (Å²) in [5.74, 6) is 0.287. The molecule has 28 heavy (non-hydrogen) atoms. The van der Waals surface area contributed by atoms with Gasteiger partial charge in [-0.1, -0.05) is 30.3 Å². The minimum atomic E-state index is -0.706. The number of carbonyl (C=O) groups excluding carboxylic acids is 2. The van der Waals surface area contributed by atoms with Crippen LogP contribution in [0, 0.1) is 6.92 Å². The van der Waals surface area contributed by atoms with Crippen LogP contribution in [0.4, 0.5) is 0 Å². The predicted octanol–water partition coefficient (Wildman–Crippen LogP) is 3.13. The molecule has 0 aliphatic heterocycles. The van der Waals surface area contributed by atoms with Gasteiger partial charge >= 0.3 is 5.97 Å². The Morgan fingerprint density at radius 1 is 1.07 bits per heavy atom. The Kier molecular flexibility index (Phi) is 6.06. The fraction of sp³-hybridized carbons (Fsp3) is 0.190. The molecule has 1 amide bonds. The van der Waals surface area contributed by atoms with Crippen molar-refractivity contribution in [2.24, 2.45) is 0 Å². The van der Waals surface area contributed by atoms with Crippen LogP contribution in [0.2, 0.25) is 0 Å². The number of hydrogen-bond donors (Lipinski definition) is 1. The van der Waals surface area contributed by atoms with Crippen molar-refractivity contribution in [3.8, 4) is 17.2 Å². The third kappa shape index (κ3) is 4.76. The van der Waals surface area contributed by atoms with E-state index >= 15 is 0 Å². The van der Waals surface area contributed by atoms with Crippen molar-refractivity contribution < 1.29 is 23.5 Å². The third-order valence-electron chi connectivity index (χ3n) is 3.99. The highest BCUT2D eigenvalue weighted by atomic mass is 16.5. The van der Waals surface area contributed by atoms with E-state index in [9.17, 15) is 9.59 Å². The maximum atomic E-state index is 12.2. The molecule has 0 unspecified atom stereocenters. The van der Waals surface area contributed by atoms with Crippen LogP contribution in [0.1, 0.15) is 21.8 Å². The fourth-order valence-corrected chi connectivity index (χ4v) is 2.48. The highest BCUT2D eigenvalue weighted by Gasteiger charge is 2.20. The second kappa shape index (κ2) is 8.85. The SMILES string of the molecule is COc1ccc(CNC(=O)COC(=O)c2nc(-c3ccccc3)oc2C)cc1. The standard InChI is InChI=1S/C21H20N2O5/c1-14-19(23-20(28-14)16-6-4-3-5-7-16)21(25)27-13-18(24)22-12-15-8-10-17(26-2)11-9-15/h3-11H,12-13H2,1-2H3,(H,22,24). The van der Waals surface area contributed by atoms with Crippen molar-refractivity contribution in [1.82, 2.24) is 10.3 Å². The zero-order valence-corrected chi connectivity index (χ0v) is 15.6. The maximum Gasteiger partial charge on any atom is 0.361 e. The summed E-state index contributed by atoms with van der Waals surface area (Å²) in [7, 11) is 1.59. The molecule has 0 aliphatic carbocycles. The molecule has 1 heterocycles. The van der Waals surface area contributed by atoms with Crippen molar-refractivity contribution >= 4 is 11.9 Å². The number of nitrogens with zero attached hydrogens (tertiary/aromatic N) is 1. The van der Waals surface area contributed by atoms with Gasteiger partial charge in [0.05, 0.1) is 7.11 Å². The summed E-state index contributed by atoms with van der Waals surface area (Å²) in [6, 6.07) is 16.5. The lowest BCUT2D eigenvalue weighted by Crippen LogP contribution is -2.28. The molecule has 0 radical (unpaired) electrons. The summed E-state index contributed by atoms with van der Waals surface area (Å²) in [5, 5.41) is 2.69. The van der Waals surface area contributed by atoms with E-state index in [4.69, 9.17) is 13.9 Å². The first-order valence-electron chi connectivity index (χ1n) is 8.66. The highest BCUT2D eigenvalue weighted by molar-refractivity contribution is 5.90. The van der Waals surface area contributed by atoms with E-state index < -0.39 is 18.5 Å². The van der Waals surface area contributed by atoms with E-state index in [0.717, 1.165) is 16.9 Å². The minimum Gasteiger partial charge on any atom is -0.497 e. The Balaban J connectivity index is 1.52. The van der Waals surface area contributed by atoms with E-state index in [1.165, 1.54) is 0 Å². The molecule has 0 aliphatic rings. The van der Waals surface area contributed by atoms with E-state index in [0.29, 0.717) is 18.2 Å². The summed E-state index contributed by atoms with van der Waals surface area (Å²) in [5.41, 5.74) is 1.71. The molecular weight excluding hydrogens is 360 g/mol. The Morgan fingerprint density at radius 3 is 2.46 bits per heavy atom. The van der Waals surface area contributed by atoms with Gasteiger partial charge in [-0.05, 0) is 36.8 Å². The monoisotopic (exact) mass is 380 g/mol. The van der Waals surface area contributed by atoms with Crippen LogP contribution >= 0.6 is 0 Å². The Hall–Kier alpha value is -3.61. The van der Waals surface area contributed by atoms with E-state index in [1.54, 1.807) is 26.2 Å². The van der Waals surface area contributed by atoms with E-state index in [2.05, 4.69) is 10.3 Å². The molecule has 0 fully saturated rings. The predicted molar refractivity (Wildman–Crippen MR) is 102 cm³/mol. The third-order valence-corrected chi connectivity index (χ3v) is 3.99. The number of methoxy groups -OCH3 is 1. The molecule has 0 atom stereocenters. The first-order chi connectivity index (χ1) is 13.6. The molecule has 1 N–H and O–H groups in total. The smallest absolute Gasteiger partial charge is 0.361 e. The minimum absolute atomic E-state index is 0.0572. The molecule has 144 valence electrons. The lowest BCUT2D eigenvalue weighted by molar-refractivity contribution is -0.124. The Bertz CT molecular complexity index is 949. The molecule has 0 saturated heterocycles. The van der Waals surface area contributed by atoms with Gasteiger partial charge in [-0.3, -0.25) is 4.79 Å². The van der Waals surface area contributed by atoms with Gasteiger partial charge in [0.2, 0.25) is 5.89 Å². The van der Waals surface area contributed by atoms with Gasteiger partial charge in [0, 0.05) is 12.1 Å². The average Bonchev–Trinajstić information content (AvgIpc) is 3.13. The maximum absolute atomic E-state index is 12.2. The summed E-state index contributed by atoms with van der Waals surface area (Å²) in [6.07, 6.45) is 0. The number of carbonyl (C=O) groups is 2. The van der Waals surface area contributed by atoms with Crippen LogP contribution in [0.15, 0.2) is 59.0 Å². The Labute approximate surface area is 162 Å². The van der Waals surface area contributed by atoms with Gasteiger partial charge in [-0.25, -0.2) is 9.78 Å². The van der Waals surface area contributed by atoms with Gasteiger partial charge in [0.25, 0.3) is 5.91 Å². The van der Waals surface area contributed by atoms with Crippen LogP contribution in [0.25, 0.3) is 11.5 Å². The molecule has 0 spiro atoms. The molecule has 2 aromatic carbocycles. The van der Waals surface area contributed by atoms with Gasteiger partial charge in [0.15, 0.2) is 12.3 Å². The number of oxazole rings is 1. The van der Waals surface area contributed by atoms with Gasteiger partial charge < -0.3 is 19.2 Å². The molecule has 7 nitrogen and oxygen atoms in total. The zero-order chi connectivity index (χ0) is 19.9. The van der Waals surface area contributed by atoms with Crippen LogP contribution in [-0.4, -0.2) is 30.6 Å². The first kappa shape index (κ1) is 19.2. The van der Waals surface area contributed by atoms with Crippen molar-refractivity contribution in [3.05, 3.63) is 71.6 Å². The van der Waals surface area contributed by atoms with Crippen molar-refractivity contribution in [2.75, 3.05) is 13.7 Å². The molecule has 0 bridgehead atoms. The molecule has 7 heteroatoms. The second-order valence-electron chi connectivity index (χ2n) is 5.99. The molecule has 3 rings (SSSR count). The van der Waals surface area contributed by atoms with Crippen LogP contribution < -0.4 is 10.1 Å². The summed E-state index contributed by atoms with van der Waals surface area (Å²) < 4.78 is 15.7. The highest BCUT2D eigenvalue weighted by Crippen LogP contribution is 2.21. The first-order valence-corrected chi connectivity index (χ1v) is 8.66. The quantitative estimate of drug-likeness (QED) is 0.633. The largest absolute Gasteiger partial charge is 0.497 e. The number of benzene rings is 2. The molecule has 1 aromatic heterocycles. The number of hydrogen-bond acceptors (Lipinski definition) is 6. The van der Waals surface area contributed by atoms with Gasteiger partial charge in [-0.15, -0.1) is 0 Å². The summed E-state index contributed by atoms with van der Waals surface area (Å²) >= 11 is 0. The topological polar surface area (TPSA) is 90.7 Å². The van der Waals surface area contributed by atoms with Crippen molar-refractivity contribution in [1.29, 1.82) is 0 Å². The average molecular weight is 380 g/mol. The number of amides is 1. The van der Waals surface area contributed by atoms with Crippen LogP contribution in [0.3, 0.4) is 0 Å². The second-order valence-corrected chi connectivity index (χ2v) is 5.99. The molecular formula is C21H20N2O5. The lowest BCUT2D eigenvalue weighted by atomic mass is 10.2. The van der Waals surface area contributed by atoms with Gasteiger partial charge in [0.1, 0.15) is 11.5 Å². The lowest BCUT2D eigenvalue weighted by Gasteiger charge is -2.07. The number of esters is 1. The van der Waals surface area contributed by atoms with E-state index in [-0.39, 0.29) is 5.69 Å². The van der Waals surface area contributed by atoms with Crippen LogP contribution in [-0.2, 0) is 16.1 Å². The van der Waals surface area contributed by atoms with Gasteiger partial charge in [-0.2, -0.15) is 0 Å². The molecule has 0 saturated carbocycles. The number of ether oxygens (including phenoxy) is 2. The Morgan fingerprint density at radius 2 is 1.79 bits per heavy atom.